The molecule has 1 saturated carbocycles. The number of hydrogen-bond acceptors (Lipinski definition) is 3. The highest BCUT2D eigenvalue weighted by Gasteiger charge is 2.24. The molecule has 1 fully saturated rings. The Labute approximate surface area is 120 Å². The number of anilines is 1. The number of fused-ring (bicyclic) bond motifs is 1. The fourth-order valence-electron chi connectivity index (χ4n) is 3.27. The van der Waals surface area contributed by atoms with E-state index < -0.39 is 0 Å². The zero-order chi connectivity index (χ0) is 13.8. The topological polar surface area (TPSA) is 42.1 Å². The van der Waals surface area contributed by atoms with Gasteiger partial charge in [-0.05, 0) is 37.3 Å². The number of nitrogens with two attached hydrogens (primary N) is 1. The lowest BCUT2D eigenvalue weighted by molar-refractivity contribution is 0.589. The van der Waals surface area contributed by atoms with Gasteiger partial charge in [0.05, 0.1) is 0 Å². The van der Waals surface area contributed by atoms with Crippen molar-refractivity contribution < 1.29 is 0 Å². The molecule has 1 aliphatic carbocycles. The van der Waals surface area contributed by atoms with Gasteiger partial charge in [0, 0.05) is 24.2 Å². The van der Waals surface area contributed by atoms with Crippen LogP contribution in [0, 0.1) is 0 Å². The molecule has 106 valence electrons. The minimum atomic E-state index is 0.639. The van der Waals surface area contributed by atoms with Crippen molar-refractivity contribution in [3.8, 4) is 0 Å². The fraction of sp³-hybridized carbons (Fsp3) is 0.471. The van der Waals surface area contributed by atoms with Gasteiger partial charge < -0.3 is 10.6 Å². The average molecular weight is 269 g/mol. The maximum atomic E-state index is 5.72. The third-order valence-corrected chi connectivity index (χ3v) is 4.29. The van der Waals surface area contributed by atoms with E-state index in [1.807, 2.05) is 6.20 Å². The second-order valence-electron chi connectivity index (χ2n) is 5.63. The van der Waals surface area contributed by atoms with Gasteiger partial charge in [0.15, 0.2) is 0 Å². The summed E-state index contributed by atoms with van der Waals surface area (Å²) in [6.45, 7) is 1.76. The first kappa shape index (κ1) is 13.4. The van der Waals surface area contributed by atoms with E-state index in [4.69, 9.17) is 5.73 Å². The van der Waals surface area contributed by atoms with Gasteiger partial charge in [0.1, 0.15) is 5.82 Å². The highest BCUT2D eigenvalue weighted by atomic mass is 15.2. The minimum Gasteiger partial charge on any atom is -0.353 e. The Morgan fingerprint density at radius 2 is 1.95 bits per heavy atom. The fourth-order valence-corrected chi connectivity index (χ4v) is 3.27. The maximum Gasteiger partial charge on any atom is 0.136 e. The summed E-state index contributed by atoms with van der Waals surface area (Å²) in [4.78, 5) is 7.19. The summed E-state index contributed by atoms with van der Waals surface area (Å²) in [7, 11) is 0. The second-order valence-corrected chi connectivity index (χ2v) is 5.63. The van der Waals surface area contributed by atoms with E-state index in [0.29, 0.717) is 6.04 Å². The standard InChI is InChI=1S/C17H23N3/c18-11-5-13-20(15-7-2-3-8-15)17-16-9-4-1-6-14(16)10-12-19-17/h1,4,6,9-10,12,15H,2-3,5,7-8,11,13,18H2. The van der Waals surface area contributed by atoms with E-state index in [1.165, 1.54) is 36.5 Å². The van der Waals surface area contributed by atoms with E-state index in [0.717, 1.165) is 25.3 Å². The Hall–Kier alpha value is -1.61. The predicted molar refractivity (Wildman–Crippen MR) is 85.0 cm³/mol. The summed E-state index contributed by atoms with van der Waals surface area (Å²) >= 11 is 0. The van der Waals surface area contributed by atoms with Gasteiger partial charge in [-0.2, -0.15) is 0 Å². The lowest BCUT2D eigenvalue weighted by Gasteiger charge is -2.31. The zero-order valence-corrected chi connectivity index (χ0v) is 12.0. The highest BCUT2D eigenvalue weighted by molar-refractivity contribution is 5.92. The maximum absolute atomic E-state index is 5.72. The molecule has 0 spiro atoms. The molecule has 1 aromatic carbocycles. The first-order valence-corrected chi connectivity index (χ1v) is 7.70. The van der Waals surface area contributed by atoms with E-state index in [2.05, 4.69) is 40.2 Å². The Morgan fingerprint density at radius 1 is 1.15 bits per heavy atom. The summed E-state index contributed by atoms with van der Waals surface area (Å²) in [5.74, 6) is 1.14. The van der Waals surface area contributed by atoms with Crippen LogP contribution in [0.1, 0.15) is 32.1 Å². The first-order chi connectivity index (χ1) is 9.90. The van der Waals surface area contributed by atoms with E-state index >= 15 is 0 Å². The Bertz CT molecular complexity index is 556. The number of aromatic nitrogens is 1. The molecular weight excluding hydrogens is 246 g/mol. The molecule has 2 N–H and O–H groups in total. The lowest BCUT2D eigenvalue weighted by atomic mass is 10.1. The van der Waals surface area contributed by atoms with Crippen molar-refractivity contribution in [3.05, 3.63) is 36.5 Å². The molecule has 1 aromatic heterocycles. The first-order valence-electron chi connectivity index (χ1n) is 7.70. The van der Waals surface area contributed by atoms with Gasteiger partial charge >= 0.3 is 0 Å². The summed E-state index contributed by atoms with van der Waals surface area (Å²) in [6.07, 6.45) is 8.22. The van der Waals surface area contributed by atoms with Crippen LogP contribution in [0.3, 0.4) is 0 Å². The van der Waals surface area contributed by atoms with E-state index in [1.54, 1.807) is 0 Å². The number of pyridine rings is 1. The molecule has 0 amide bonds. The average Bonchev–Trinajstić information content (AvgIpc) is 3.02. The van der Waals surface area contributed by atoms with Crippen LogP contribution in [-0.2, 0) is 0 Å². The Balaban J connectivity index is 1.99. The summed E-state index contributed by atoms with van der Waals surface area (Å²) in [5.41, 5.74) is 5.72. The monoisotopic (exact) mass is 269 g/mol. The van der Waals surface area contributed by atoms with Gasteiger partial charge in [0.25, 0.3) is 0 Å². The van der Waals surface area contributed by atoms with Crippen LogP contribution in [0.4, 0.5) is 5.82 Å². The van der Waals surface area contributed by atoms with Crippen LogP contribution in [0.15, 0.2) is 36.5 Å². The van der Waals surface area contributed by atoms with Crippen LogP contribution in [0.25, 0.3) is 10.8 Å². The van der Waals surface area contributed by atoms with Crippen LogP contribution in [0.2, 0.25) is 0 Å². The third-order valence-electron chi connectivity index (χ3n) is 4.29. The van der Waals surface area contributed by atoms with E-state index in [-0.39, 0.29) is 0 Å². The second kappa shape index (κ2) is 6.23. The molecule has 0 aliphatic heterocycles. The van der Waals surface area contributed by atoms with Crippen LogP contribution < -0.4 is 10.6 Å². The highest BCUT2D eigenvalue weighted by Crippen LogP contribution is 2.31. The Morgan fingerprint density at radius 3 is 2.75 bits per heavy atom. The quantitative estimate of drug-likeness (QED) is 0.905. The van der Waals surface area contributed by atoms with Crippen molar-refractivity contribution in [3.63, 3.8) is 0 Å². The molecule has 20 heavy (non-hydrogen) atoms. The molecule has 0 saturated heterocycles. The van der Waals surface area contributed by atoms with Crippen molar-refractivity contribution in [1.29, 1.82) is 0 Å². The molecule has 0 bridgehead atoms. The molecule has 1 aliphatic rings. The Kier molecular flexibility index (Phi) is 4.16. The molecule has 0 atom stereocenters. The molecule has 0 unspecified atom stereocenters. The van der Waals surface area contributed by atoms with E-state index in [9.17, 15) is 0 Å². The summed E-state index contributed by atoms with van der Waals surface area (Å²) in [5, 5.41) is 2.53. The van der Waals surface area contributed by atoms with Crippen LogP contribution in [0.5, 0.6) is 0 Å². The molecular formula is C17H23N3. The molecule has 3 nitrogen and oxygen atoms in total. The molecule has 3 heteroatoms. The van der Waals surface area contributed by atoms with Gasteiger partial charge in [-0.15, -0.1) is 0 Å². The van der Waals surface area contributed by atoms with Crippen LogP contribution in [-0.4, -0.2) is 24.1 Å². The third kappa shape index (κ3) is 2.63. The van der Waals surface area contributed by atoms with Gasteiger partial charge in [-0.25, -0.2) is 4.98 Å². The van der Waals surface area contributed by atoms with Crippen LogP contribution >= 0.6 is 0 Å². The van der Waals surface area contributed by atoms with Crippen molar-refractivity contribution in [1.82, 2.24) is 4.98 Å². The largest absolute Gasteiger partial charge is 0.353 e. The zero-order valence-electron chi connectivity index (χ0n) is 12.0. The molecule has 1 heterocycles. The van der Waals surface area contributed by atoms with Crippen molar-refractivity contribution >= 4 is 16.6 Å². The molecule has 3 rings (SSSR count). The summed E-state index contributed by atoms with van der Waals surface area (Å²) < 4.78 is 0. The SMILES string of the molecule is NCCCN(c1nccc2ccccc12)C1CCCC1. The number of hydrogen-bond donors (Lipinski definition) is 1. The van der Waals surface area contributed by atoms with Crippen molar-refractivity contribution in [2.24, 2.45) is 5.73 Å². The van der Waals surface area contributed by atoms with Gasteiger partial charge in [-0.3, -0.25) is 0 Å². The molecule has 0 radical (unpaired) electrons. The van der Waals surface area contributed by atoms with Gasteiger partial charge in [0.2, 0.25) is 0 Å². The predicted octanol–water partition coefficient (Wildman–Crippen LogP) is 3.33. The van der Waals surface area contributed by atoms with Gasteiger partial charge in [-0.1, -0.05) is 37.1 Å². The normalized spacial score (nSPS) is 15.8. The summed E-state index contributed by atoms with van der Waals surface area (Å²) in [6, 6.07) is 11.3. The molecule has 2 aromatic rings. The minimum absolute atomic E-state index is 0.639. The number of benzene rings is 1. The smallest absolute Gasteiger partial charge is 0.136 e. The lowest BCUT2D eigenvalue weighted by Crippen LogP contribution is -2.35. The van der Waals surface area contributed by atoms with Crippen molar-refractivity contribution in [2.45, 2.75) is 38.1 Å². The van der Waals surface area contributed by atoms with Crippen molar-refractivity contribution in [2.75, 3.05) is 18.0 Å². The number of rotatable bonds is 5. The number of nitrogens with zero attached hydrogens (tertiary/aromatic N) is 2.